The highest BCUT2D eigenvalue weighted by molar-refractivity contribution is 6.04. The Morgan fingerprint density at radius 2 is 2.14 bits per heavy atom. The highest BCUT2D eigenvalue weighted by Gasteiger charge is 2.47. The molecule has 2 atom stereocenters. The number of nitrogens with zero attached hydrogens (tertiary/aromatic N) is 2. The topological polar surface area (TPSA) is 92.3 Å². The van der Waals surface area contributed by atoms with E-state index < -0.39 is 24.2 Å². The molecule has 1 aliphatic rings. The second-order valence-corrected chi connectivity index (χ2v) is 6.84. The number of nitrogens with one attached hydrogen (secondary N) is 2. The van der Waals surface area contributed by atoms with E-state index in [1.165, 1.54) is 18.4 Å². The van der Waals surface area contributed by atoms with Crippen LogP contribution in [0.1, 0.15) is 40.3 Å². The molecule has 152 valence electrons. The maximum atomic E-state index is 13.6. The van der Waals surface area contributed by atoms with Crippen molar-refractivity contribution in [1.82, 2.24) is 9.78 Å². The number of aromatic nitrogens is 2. The predicted molar refractivity (Wildman–Crippen MR) is 97.8 cm³/mol. The Balaban J connectivity index is 1.65. The van der Waals surface area contributed by atoms with Gasteiger partial charge in [0.1, 0.15) is 17.3 Å². The second-order valence-electron chi connectivity index (χ2n) is 6.84. The van der Waals surface area contributed by atoms with Crippen LogP contribution in [0.4, 0.5) is 24.7 Å². The van der Waals surface area contributed by atoms with E-state index >= 15 is 0 Å². The summed E-state index contributed by atoms with van der Waals surface area (Å²) >= 11 is 0. The zero-order chi connectivity index (χ0) is 20.8. The van der Waals surface area contributed by atoms with Gasteiger partial charge in [0.05, 0.1) is 18.0 Å². The molecule has 4 rings (SSSR count). The van der Waals surface area contributed by atoms with Gasteiger partial charge in [0.25, 0.3) is 5.91 Å². The molecular weight excluding hydrogens is 389 g/mol. The molecule has 1 aliphatic heterocycles. The average molecular weight is 406 g/mol. The normalized spacial score (nSPS) is 18.8. The predicted octanol–water partition coefficient (Wildman–Crippen LogP) is 4.40. The minimum absolute atomic E-state index is 0.0542. The molecule has 3 aromatic rings. The molecule has 0 spiro atoms. The van der Waals surface area contributed by atoms with Gasteiger partial charge in [-0.2, -0.15) is 18.3 Å². The van der Waals surface area contributed by atoms with Crippen LogP contribution >= 0.6 is 0 Å². The average Bonchev–Trinajstić information content (AvgIpc) is 3.32. The molecule has 2 aromatic heterocycles. The Kier molecular flexibility index (Phi) is 4.48. The van der Waals surface area contributed by atoms with Crippen molar-refractivity contribution in [3.63, 3.8) is 0 Å². The van der Waals surface area contributed by atoms with Crippen LogP contribution in [-0.2, 0) is 0 Å². The maximum Gasteiger partial charge on any atom is 0.410 e. The summed E-state index contributed by atoms with van der Waals surface area (Å²) in [6.07, 6.45) is -3.50. The summed E-state index contributed by atoms with van der Waals surface area (Å²) in [6.45, 7) is 1.77. The van der Waals surface area contributed by atoms with Gasteiger partial charge in [-0.15, -0.1) is 0 Å². The number of hydrogen-bond acceptors (Lipinski definition) is 5. The molecule has 1 aromatic carbocycles. The highest BCUT2D eigenvalue weighted by Crippen LogP contribution is 2.43. The van der Waals surface area contributed by atoms with E-state index in [0.29, 0.717) is 5.76 Å². The summed E-state index contributed by atoms with van der Waals surface area (Å²) in [5, 5.41) is 19.2. The monoisotopic (exact) mass is 406 g/mol. The van der Waals surface area contributed by atoms with Crippen LogP contribution in [0.15, 0.2) is 47.1 Å². The van der Waals surface area contributed by atoms with Crippen molar-refractivity contribution in [2.75, 3.05) is 10.6 Å². The SMILES string of the molecule is Cc1ccc(O)c(NC(=O)c2cc3n(n2)[C@@H](C(F)(F)F)C[C@H](c2ccco2)N3)c1. The van der Waals surface area contributed by atoms with E-state index in [2.05, 4.69) is 15.7 Å². The van der Waals surface area contributed by atoms with Gasteiger partial charge < -0.3 is 20.2 Å². The number of hydrogen-bond donors (Lipinski definition) is 3. The van der Waals surface area contributed by atoms with Crippen LogP contribution in [0, 0.1) is 6.92 Å². The minimum atomic E-state index is -4.56. The van der Waals surface area contributed by atoms with Gasteiger partial charge in [0.2, 0.25) is 0 Å². The Bertz CT molecular complexity index is 1040. The maximum absolute atomic E-state index is 13.6. The number of benzene rings is 1. The lowest BCUT2D eigenvalue weighted by Crippen LogP contribution is -2.35. The van der Waals surface area contributed by atoms with E-state index in [1.54, 1.807) is 31.2 Å². The number of carbonyl (C=O) groups is 1. The molecule has 3 heterocycles. The second kappa shape index (κ2) is 6.87. The zero-order valence-corrected chi connectivity index (χ0v) is 15.2. The van der Waals surface area contributed by atoms with E-state index in [0.717, 1.165) is 10.2 Å². The van der Waals surface area contributed by atoms with Gasteiger partial charge in [-0.3, -0.25) is 4.79 Å². The third-order valence-corrected chi connectivity index (χ3v) is 4.71. The number of halogens is 3. The van der Waals surface area contributed by atoms with Crippen LogP contribution in [0.5, 0.6) is 5.75 Å². The van der Waals surface area contributed by atoms with Crippen molar-refractivity contribution < 1.29 is 27.5 Å². The van der Waals surface area contributed by atoms with Crippen molar-refractivity contribution >= 4 is 17.4 Å². The summed E-state index contributed by atoms with van der Waals surface area (Å²) in [4.78, 5) is 12.5. The van der Waals surface area contributed by atoms with E-state index in [9.17, 15) is 23.1 Å². The van der Waals surface area contributed by atoms with Crippen molar-refractivity contribution in [2.24, 2.45) is 0 Å². The van der Waals surface area contributed by atoms with Crippen molar-refractivity contribution in [1.29, 1.82) is 0 Å². The van der Waals surface area contributed by atoms with E-state index in [-0.39, 0.29) is 29.4 Å². The number of fused-ring (bicyclic) bond motifs is 1. The lowest BCUT2D eigenvalue weighted by atomic mass is 10.0. The standard InChI is InChI=1S/C19H17F3N4O3/c1-10-4-5-14(27)11(7-10)24-18(28)13-9-17-23-12(15-3-2-6-29-15)8-16(19(20,21)22)26(17)25-13/h2-7,9,12,16,23,27H,8H2,1H3,(H,24,28)/t12-,16-/m1/s1. The van der Waals surface area contributed by atoms with Crippen LogP contribution in [0.25, 0.3) is 0 Å². The fourth-order valence-electron chi connectivity index (χ4n) is 3.30. The van der Waals surface area contributed by atoms with Gasteiger partial charge in [-0.1, -0.05) is 6.07 Å². The molecule has 0 unspecified atom stereocenters. The smallest absolute Gasteiger partial charge is 0.410 e. The first-order chi connectivity index (χ1) is 13.7. The van der Waals surface area contributed by atoms with E-state index in [4.69, 9.17) is 4.42 Å². The molecule has 7 nitrogen and oxygen atoms in total. The number of aromatic hydroxyl groups is 1. The van der Waals surface area contributed by atoms with E-state index in [1.807, 2.05) is 0 Å². The van der Waals surface area contributed by atoms with Gasteiger partial charge >= 0.3 is 6.18 Å². The number of rotatable bonds is 3. The Labute approximate surface area is 163 Å². The largest absolute Gasteiger partial charge is 0.506 e. The number of aryl methyl sites for hydroxylation is 1. The van der Waals surface area contributed by atoms with Crippen LogP contribution < -0.4 is 10.6 Å². The first-order valence-corrected chi connectivity index (χ1v) is 8.79. The number of phenols is 1. The van der Waals surface area contributed by atoms with Gasteiger partial charge in [0.15, 0.2) is 11.7 Å². The summed E-state index contributed by atoms with van der Waals surface area (Å²) < 4.78 is 46.9. The van der Waals surface area contributed by atoms with Crippen molar-refractivity contribution in [2.45, 2.75) is 31.6 Å². The number of alkyl halides is 3. The number of phenolic OH excluding ortho intramolecular Hbond substituents is 1. The molecule has 0 saturated heterocycles. The number of carbonyl (C=O) groups excluding carboxylic acids is 1. The van der Waals surface area contributed by atoms with Gasteiger partial charge in [-0.05, 0) is 36.8 Å². The molecule has 0 saturated carbocycles. The molecule has 10 heteroatoms. The summed E-state index contributed by atoms with van der Waals surface area (Å²) in [5.74, 6) is -0.469. The summed E-state index contributed by atoms with van der Waals surface area (Å²) in [6, 6.07) is 6.43. The minimum Gasteiger partial charge on any atom is -0.506 e. The van der Waals surface area contributed by atoms with Gasteiger partial charge in [0, 0.05) is 12.5 Å². The molecular formula is C19H17F3N4O3. The molecule has 1 amide bonds. The number of anilines is 2. The van der Waals surface area contributed by atoms with Crippen molar-refractivity contribution in [3.8, 4) is 5.75 Å². The van der Waals surface area contributed by atoms with Crippen molar-refractivity contribution in [3.05, 3.63) is 59.7 Å². The zero-order valence-electron chi connectivity index (χ0n) is 15.2. The molecule has 0 fully saturated rings. The van der Waals surface area contributed by atoms with Crippen LogP contribution in [0.2, 0.25) is 0 Å². The Morgan fingerprint density at radius 1 is 1.34 bits per heavy atom. The molecule has 0 aliphatic carbocycles. The van der Waals surface area contributed by atoms with Crippen LogP contribution in [0.3, 0.4) is 0 Å². The summed E-state index contributed by atoms with van der Waals surface area (Å²) in [5.41, 5.74) is 0.736. The Hall–Kier alpha value is -3.43. The Morgan fingerprint density at radius 3 is 2.83 bits per heavy atom. The van der Waals surface area contributed by atoms with Gasteiger partial charge in [-0.25, -0.2) is 4.68 Å². The fraction of sp³-hybridized carbons (Fsp3) is 0.263. The lowest BCUT2D eigenvalue weighted by molar-refractivity contribution is -0.174. The third kappa shape index (κ3) is 3.65. The first-order valence-electron chi connectivity index (χ1n) is 8.79. The lowest BCUT2D eigenvalue weighted by Gasteiger charge is -2.32. The number of furan rings is 1. The molecule has 0 radical (unpaired) electrons. The molecule has 0 bridgehead atoms. The quantitative estimate of drug-likeness (QED) is 0.561. The van der Waals surface area contributed by atoms with Crippen LogP contribution in [-0.4, -0.2) is 27.0 Å². The highest BCUT2D eigenvalue weighted by atomic mass is 19.4. The third-order valence-electron chi connectivity index (χ3n) is 4.71. The molecule has 29 heavy (non-hydrogen) atoms. The first kappa shape index (κ1) is 18.9. The molecule has 3 N–H and O–H groups in total. The fourth-order valence-corrected chi connectivity index (χ4v) is 3.30. The number of amides is 1. The summed E-state index contributed by atoms with van der Waals surface area (Å²) in [7, 11) is 0.